The molecule has 24 heavy (non-hydrogen) atoms. The normalized spacial score (nSPS) is 12.0. The highest BCUT2D eigenvalue weighted by atomic mass is 32.1. The summed E-state index contributed by atoms with van der Waals surface area (Å²) in [6, 6.07) is 5.10. The fraction of sp³-hybridized carbons (Fsp3) is 0.250. The number of carbonyl (C=O) groups is 1. The van der Waals surface area contributed by atoms with Crippen molar-refractivity contribution in [2.24, 2.45) is 0 Å². The second kappa shape index (κ2) is 6.79. The van der Waals surface area contributed by atoms with E-state index in [1.54, 1.807) is 17.4 Å². The summed E-state index contributed by atoms with van der Waals surface area (Å²) in [5.74, 6) is 0.407. The van der Waals surface area contributed by atoms with Gasteiger partial charge in [-0.1, -0.05) is 6.07 Å². The number of rotatable bonds is 4. The number of anilines is 1. The summed E-state index contributed by atoms with van der Waals surface area (Å²) in [4.78, 5) is 16.6. The van der Waals surface area contributed by atoms with Gasteiger partial charge in [0.15, 0.2) is 0 Å². The van der Waals surface area contributed by atoms with Crippen molar-refractivity contribution in [3.05, 3.63) is 46.2 Å². The second-order valence-corrected chi connectivity index (χ2v) is 6.45. The minimum atomic E-state index is -0.293. The third-order valence-corrected chi connectivity index (χ3v) is 4.31. The van der Waals surface area contributed by atoms with E-state index >= 15 is 0 Å². The quantitative estimate of drug-likeness (QED) is 0.753. The van der Waals surface area contributed by atoms with Crippen LogP contribution in [0.2, 0.25) is 0 Å². The molecule has 7 nitrogen and oxygen atoms in total. The monoisotopic (exact) mass is 343 g/mol. The summed E-state index contributed by atoms with van der Waals surface area (Å²) in [6.45, 7) is 5.75. The van der Waals surface area contributed by atoms with Gasteiger partial charge in [-0.3, -0.25) is 0 Å². The lowest BCUT2D eigenvalue weighted by Gasteiger charge is -2.14. The van der Waals surface area contributed by atoms with Crippen LogP contribution in [-0.2, 0) is 0 Å². The van der Waals surface area contributed by atoms with Crippen LogP contribution >= 0.6 is 11.3 Å². The van der Waals surface area contributed by atoms with Crippen LogP contribution in [0.1, 0.15) is 29.2 Å². The summed E-state index contributed by atoms with van der Waals surface area (Å²) in [5, 5.41) is 16.2. The van der Waals surface area contributed by atoms with E-state index in [4.69, 9.17) is 4.42 Å². The van der Waals surface area contributed by atoms with E-state index in [2.05, 4.69) is 25.8 Å². The van der Waals surface area contributed by atoms with Crippen molar-refractivity contribution < 1.29 is 9.21 Å². The Labute approximate surface area is 143 Å². The summed E-state index contributed by atoms with van der Waals surface area (Å²) < 4.78 is 5.19. The van der Waals surface area contributed by atoms with E-state index in [9.17, 15) is 4.79 Å². The summed E-state index contributed by atoms with van der Waals surface area (Å²) >= 11 is 1.56. The molecule has 1 aromatic carbocycles. The van der Waals surface area contributed by atoms with Gasteiger partial charge in [0.25, 0.3) is 0 Å². The first kappa shape index (κ1) is 16.1. The fourth-order valence-corrected chi connectivity index (χ4v) is 2.90. The minimum absolute atomic E-state index is 0.172. The Morgan fingerprint density at radius 3 is 2.83 bits per heavy atom. The molecule has 0 fully saturated rings. The van der Waals surface area contributed by atoms with Gasteiger partial charge in [-0.25, -0.2) is 9.78 Å². The first-order valence-corrected chi connectivity index (χ1v) is 8.27. The van der Waals surface area contributed by atoms with E-state index in [0.717, 1.165) is 21.8 Å². The lowest BCUT2D eigenvalue weighted by molar-refractivity contribution is 0.249. The molecular weight excluding hydrogens is 326 g/mol. The van der Waals surface area contributed by atoms with E-state index in [-0.39, 0.29) is 12.1 Å². The van der Waals surface area contributed by atoms with Gasteiger partial charge >= 0.3 is 6.03 Å². The van der Waals surface area contributed by atoms with Crippen molar-refractivity contribution in [2.45, 2.75) is 26.8 Å². The molecule has 0 saturated carbocycles. The molecule has 1 atom stereocenters. The molecule has 0 unspecified atom stereocenters. The van der Waals surface area contributed by atoms with Gasteiger partial charge in [-0.05, 0) is 38.5 Å². The molecule has 2 aromatic heterocycles. The molecule has 0 bridgehead atoms. The van der Waals surface area contributed by atoms with E-state index < -0.39 is 0 Å². The van der Waals surface area contributed by atoms with E-state index in [1.807, 2.05) is 38.3 Å². The number of thiazole rings is 1. The van der Waals surface area contributed by atoms with Gasteiger partial charge in [0.1, 0.15) is 0 Å². The van der Waals surface area contributed by atoms with Crippen molar-refractivity contribution in [2.75, 3.05) is 5.32 Å². The number of hydrogen-bond donors (Lipinski definition) is 2. The molecular formula is C16H17N5O2S. The van der Waals surface area contributed by atoms with Gasteiger partial charge in [0, 0.05) is 16.6 Å². The van der Waals surface area contributed by atoms with Gasteiger partial charge in [0.05, 0.1) is 16.7 Å². The van der Waals surface area contributed by atoms with Gasteiger partial charge in [-0.2, -0.15) is 0 Å². The number of nitrogens with zero attached hydrogens (tertiary/aromatic N) is 3. The third kappa shape index (κ3) is 3.60. The van der Waals surface area contributed by atoms with Crippen LogP contribution in [-0.4, -0.2) is 21.2 Å². The number of aromatic nitrogens is 3. The van der Waals surface area contributed by atoms with Gasteiger partial charge < -0.3 is 15.1 Å². The Morgan fingerprint density at radius 1 is 1.33 bits per heavy atom. The molecule has 0 radical (unpaired) electrons. The molecule has 0 spiro atoms. The fourth-order valence-electron chi connectivity index (χ4n) is 2.20. The second-order valence-electron chi connectivity index (χ2n) is 5.39. The predicted octanol–water partition coefficient (Wildman–Crippen LogP) is 3.69. The highest BCUT2D eigenvalue weighted by molar-refractivity contribution is 7.09. The number of aryl methyl sites for hydroxylation is 2. The Bertz CT molecular complexity index is 844. The summed E-state index contributed by atoms with van der Waals surface area (Å²) in [5.41, 5.74) is 3.22. The molecule has 2 amide bonds. The molecule has 0 aliphatic rings. The molecule has 3 aromatic rings. The Morgan fingerprint density at radius 2 is 2.17 bits per heavy atom. The number of carbonyl (C=O) groups excluding carboxylic acids is 1. The average Bonchev–Trinajstić information content (AvgIpc) is 3.21. The maximum atomic E-state index is 12.3. The largest absolute Gasteiger partial charge is 0.423 e. The molecule has 0 saturated heterocycles. The van der Waals surface area contributed by atoms with Gasteiger partial charge in [0.2, 0.25) is 12.3 Å². The van der Waals surface area contributed by atoms with Crippen LogP contribution in [0, 0.1) is 13.8 Å². The van der Waals surface area contributed by atoms with E-state index in [1.165, 1.54) is 6.39 Å². The van der Waals surface area contributed by atoms with Crippen LogP contribution in [0.5, 0.6) is 0 Å². The summed E-state index contributed by atoms with van der Waals surface area (Å²) in [7, 11) is 0. The standard InChI is InChI=1S/C16H17N5O2S/c1-9-4-5-12(15-21-17-8-23-15)6-13(9)20-16(22)18-10(2)14-7-24-11(3)19-14/h4-8,10H,1-3H3,(H2,18,20,22)/t10-/m0/s1. The first-order valence-electron chi connectivity index (χ1n) is 7.39. The Balaban J connectivity index is 1.71. The molecule has 8 heteroatoms. The third-order valence-electron chi connectivity index (χ3n) is 3.52. The maximum Gasteiger partial charge on any atom is 0.319 e. The molecule has 2 heterocycles. The number of urea groups is 1. The lowest BCUT2D eigenvalue weighted by atomic mass is 10.1. The zero-order valence-corrected chi connectivity index (χ0v) is 14.3. The molecule has 0 aliphatic heterocycles. The minimum Gasteiger partial charge on any atom is -0.423 e. The SMILES string of the molecule is Cc1nc([C@H](C)NC(=O)Nc2cc(-c3nnco3)ccc2C)cs1. The number of benzene rings is 1. The number of hydrogen-bond acceptors (Lipinski definition) is 6. The average molecular weight is 343 g/mol. The van der Waals surface area contributed by atoms with Crippen molar-refractivity contribution >= 4 is 23.1 Å². The zero-order chi connectivity index (χ0) is 17.1. The predicted molar refractivity (Wildman–Crippen MR) is 91.9 cm³/mol. The molecule has 3 rings (SSSR count). The van der Waals surface area contributed by atoms with E-state index in [0.29, 0.717) is 11.6 Å². The zero-order valence-electron chi connectivity index (χ0n) is 13.5. The number of amides is 2. The van der Waals surface area contributed by atoms with Crippen LogP contribution in [0.15, 0.2) is 34.4 Å². The van der Waals surface area contributed by atoms with Crippen molar-refractivity contribution in [3.63, 3.8) is 0 Å². The molecule has 124 valence electrons. The van der Waals surface area contributed by atoms with Crippen molar-refractivity contribution in [1.82, 2.24) is 20.5 Å². The van der Waals surface area contributed by atoms with Crippen molar-refractivity contribution in [3.8, 4) is 11.5 Å². The van der Waals surface area contributed by atoms with Crippen LogP contribution in [0.3, 0.4) is 0 Å². The van der Waals surface area contributed by atoms with Crippen molar-refractivity contribution in [1.29, 1.82) is 0 Å². The summed E-state index contributed by atoms with van der Waals surface area (Å²) in [6.07, 6.45) is 1.27. The van der Waals surface area contributed by atoms with Crippen LogP contribution in [0.4, 0.5) is 10.5 Å². The van der Waals surface area contributed by atoms with Crippen LogP contribution in [0.25, 0.3) is 11.5 Å². The highest BCUT2D eigenvalue weighted by Crippen LogP contribution is 2.24. The Kier molecular flexibility index (Phi) is 4.57. The highest BCUT2D eigenvalue weighted by Gasteiger charge is 2.14. The molecule has 2 N–H and O–H groups in total. The van der Waals surface area contributed by atoms with Gasteiger partial charge in [-0.15, -0.1) is 21.5 Å². The Hall–Kier alpha value is -2.74. The maximum absolute atomic E-state index is 12.3. The first-order chi connectivity index (χ1) is 11.5. The smallest absolute Gasteiger partial charge is 0.319 e. The number of nitrogens with one attached hydrogen (secondary N) is 2. The lowest BCUT2D eigenvalue weighted by Crippen LogP contribution is -2.31. The molecule has 0 aliphatic carbocycles. The topological polar surface area (TPSA) is 92.9 Å². The van der Waals surface area contributed by atoms with Crippen LogP contribution < -0.4 is 10.6 Å².